The Morgan fingerprint density at radius 2 is 1.65 bits per heavy atom. The average Bonchev–Trinajstić information content (AvgIpc) is 3.86. The van der Waals surface area contributed by atoms with Gasteiger partial charge in [-0.05, 0) is 42.2 Å². The van der Waals surface area contributed by atoms with Crippen LogP contribution < -0.4 is 31.3 Å². The lowest BCUT2D eigenvalue weighted by atomic mass is 10.0. The number of nitrogens with zero attached hydrogens (tertiary/aromatic N) is 2. The van der Waals surface area contributed by atoms with E-state index in [1.165, 1.54) is 0 Å². The third kappa shape index (κ3) is 10.1. The Balaban J connectivity index is 1.28. The number of benzene rings is 3. The number of aryl methyl sites for hydroxylation is 1. The number of imidazole rings is 1. The Kier molecular flexibility index (Phi) is 12.7. The number of carbonyl (C=O) groups is 5. The molecule has 0 fully saturated rings. The Morgan fingerprint density at radius 1 is 0.870 bits per heavy atom. The molecule has 2 aromatic heterocycles. The summed E-state index contributed by atoms with van der Waals surface area (Å²) >= 11 is 0. The molecule has 280 valence electrons. The molecular formula is C40H44N8O6. The van der Waals surface area contributed by atoms with Gasteiger partial charge in [0, 0.05) is 62.0 Å². The standard InChI is InChI=1S/C40H44N8O6/c49-36-24-34(39(52)42-16-8-19-48-20-18-41-26-48)46-37(50)30-13-5-7-15-35(30)54-21-9-17-43-38(51)32(22-27-10-2-1-3-11-27)47-40(53)33(45-36)23-28-25-44-31-14-6-4-12-29(28)31/h1-7,10-15,18,20,25-26,32-34,44H,8-9,16-17,19,21-24H2,(H,42,52)(H,43,51)(H,45,49)(H,46,50)(H,47,53)/t32-,33-,34-/m0/s1. The van der Waals surface area contributed by atoms with E-state index in [9.17, 15) is 24.0 Å². The monoisotopic (exact) mass is 732 g/mol. The molecule has 0 spiro atoms. The number of para-hydroxylation sites is 2. The van der Waals surface area contributed by atoms with Gasteiger partial charge in [0.2, 0.25) is 23.6 Å². The molecule has 1 aliphatic heterocycles. The lowest BCUT2D eigenvalue weighted by molar-refractivity contribution is -0.133. The van der Waals surface area contributed by atoms with E-state index in [0.29, 0.717) is 25.1 Å². The van der Waals surface area contributed by atoms with E-state index in [0.717, 1.165) is 22.0 Å². The minimum absolute atomic E-state index is 0.0868. The number of hydrogen-bond acceptors (Lipinski definition) is 7. The predicted octanol–water partition coefficient (Wildman–Crippen LogP) is 2.41. The van der Waals surface area contributed by atoms with Crippen LogP contribution in [0.4, 0.5) is 0 Å². The molecule has 6 rings (SSSR count). The summed E-state index contributed by atoms with van der Waals surface area (Å²) in [5.41, 5.74) is 2.65. The zero-order valence-electron chi connectivity index (χ0n) is 29.8. The van der Waals surface area contributed by atoms with Crippen LogP contribution in [0.5, 0.6) is 5.75 Å². The fourth-order valence-corrected chi connectivity index (χ4v) is 6.33. The minimum Gasteiger partial charge on any atom is -0.493 e. The first-order valence-corrected chi connectivity index (χ1v) is 18.1. The highest BCUT2D eigenvalue weighted by molar-refractivity contribution is 6.01. The van der Waals surface area contributed by atoms with Gasteiger partial charge in [-0.2, -0.15) is 0 Å². The van der Waals surface area contributed by atoms with E-state index in [2.05, 4.69) is 36.6 Å². The van der Waals surface area contributed by atoms with E-state index in [1.54, 1.807) is 43.0 Å². The van der Waals surface area contributed by atoms with Crippen molar-refractivity contribution in [3.8, 4) is 5.75 Å². The highest BCUT2D eigenvalue weighted by Crippen LogP contribution is 2.21. The molecule has 0 bridgehead atoms. The second-order valence-corrected chi connectivity index (χ2v) is 13.1. The number of aromatic amines is 1. The Bertz CT molecular complexity index is 2050. The molecule has 0 saturated carbocycles. The van der Waals surface area contributed by atoms with Gasteiger partial charge in [-0.3, -0.25) is 24.0 Å². The fourth-order valence-electron chi connectivity index (χ4n) is 6.33. The Morgan fingerprint density at radius 3 is 2.48 bits per heavy atom. The molecule has 0 unspecified atom stereocenters. The van der Waals surface area contributed by atoms with Crippen molar-refractivity contribution in [2.45, 2.75) is 56.8 Å². The number of rotatable bonds is 9. The fraction of sp³-hybridized carbons (Fsp3) is 0.300. The van der Waals surface area contributed by atoms with Gasteiger partial charge in [-0.15, -0.1) is 0 Å². The van der Waals surface area contributed by atoms with Gasteiger partial charge < -0.3 is 40.9 Å². The first-order chi connectivity index (χ1) is 26.3. The summed E-state index contributed by atoms with van der Waals surface area (Å²) in [6.07, 6.45) is 7.77. The van der Waals surface area contributed by atoms with Gasteiger partial charge in [0.25, 0.3) is 5.91 Å². The summed E-state index contributed by atoms with van der Waals surface area (Å²) in [4.78, 5) is 76.1. The summed E-state index contributed by atoms with van der Waals surface area (Å²) in [7, 11) is 0. The number of hydrogen-bond donors (Lipinski definition) is 6. The minimum atomic E-state index is -1.29. The van der Waals surface area contributed by atoms with Gasteiger partial charge in [-0.25, -0.2) is 4.98 Å². The van der Waals surface area contributed by atoms with Crippen LogP contribution in [0.2, 0.25) is 0 Å². The van der Waals surface area contributed by atoms with E-state index in [4.69, 9.17) is 4.74 Å². The molecule has 0 saturated heterocycles. The zero-order valence-corrected chi connectivity index (χ0v) is 29.8. The second kappa shape index (κ2) is 18.4. The SMILES string of the molecule is O=C1C[C@@H](C(=O)NCCCn2ccnc2)NC(=O)c2ccccc2OCCCNC(=O)[C@H](Cc2ccccc2)NC(=O)[C@H](Cc2c[nH]c3ccccc23)N1. The van der Waals surface area contributed by atoms with Crippen molar-refractivity contribution in [1.29, 1.82) is 0 Å². The Hall–Kier alpha value is -6.44. The summed E-state index contributed by atoms with van der Waals surface area (Å²) in [5, 5.41) is 15.0. The third-order valence-electron chi connectivity index (χ3n) is 9.14. The number of ether oxygens (including phenoxy) is 1. The van der Waals surface area contributed by atoms with Crippen molar-refractivity contribution in [2.75, 3.05) is 19.7 Å². The lowest BCUT2D eigenvalue weighted by Crippen LogP contribution is -2.56. The van der Waals surface area contributed by atoms with Crippen molar-refractivity contribution < 1.29 is 28.7 Å². The normalized spacial score (nSPS) is 18.9. The number of nitrogens with one attached hydrogen (secondary N) is 6. The number of amides is 5. The van der Waals surface area contributed by atoms with Crippen LogP contribution in [0.25, 0.3) is 10.9 Å². The van der Waals surface area contributed by atoms with Gasteiger partial charge in [0.1, 0.15) is 23.9 Å². The van der Waals surface area contributed by atoms with E-state index < -0.39 is 54.1 Å². The van der Waals surface area contributed by atoms with Crippen LogP contribution in [0.15, 0.2) is 104 Å². The van der Waals surface area contributed by atoms with E-state index in [1.807, 2.05) is 65.4 Å². The van der Waals surface area contributed by atoms with E-state index >= 15 is 0 Å². The van der Waals surface area contributed by atoms with Crippen LogP contribution in [0, 0.1) is 0 Å². The average molecular weight is 733 g/mol. The predicted molar refractivity (Wildman–Crippen MR) is 201 cm³/mol. The van der Waals surface area contributed by atoms with Crippen LogP contribution in [0.3, 0.4) is 0 Å². The lowest BCUT2D eigenvalue weighted by Gasteiger charge is -2.25. The molecule has 0 radical (unpaired) electrons. The Labute approximate surface area is 312 Å². The molecule has 3 aromatic carbocycles. The topological polar surface area (TPSA) is 188 Å². The third-order valence-corrected chi connectivity index (χ3v) is 9.14. The quantitative estimate of drug-likeness (QED) is 0.126. The number of aromatic nitrogens is 3. The van der Waals surface area contributed by atoms with E-state index in [-0.39, 0.29) is 38.1 Å². The van der Waals surface area contributed by atoms with Crippen molar-refractivity contribution >= 4 is 40.4 Å². The van der Waals surface area contributed by atoms with Crippen LogP contribution in [-0.4, -0.2) is 81.9 Å². The van der Waals surface area contributed by atoms with Crippen LogP contribution in [0.1, 0.15) is 40.7 Å². The molecule has 5 aromatic rings. The van der Waals surface area contributed by atoms with Gasteiger partial charge in [0.15, 0.2) is 0 Å². The summed E-state index contributed by atoms with van der Waals surface area (Å²) < 4.78 is 7.81. The summed E-state index contributed by atoms with van der Waals surface area (Å²) in [6, 6.07) is 20.2. The molecule has 1 aliphatic rings. The molecule has 54 heavy (non-hydrogen) atoms. The molecule has 6 N–H and O–H groups in total. The highest BCUT2D eigenvalue weighted by atomic mass is 16.5. The molecule has 5 amide bonds. The van der Waals surface area contributed by atoms with Crippen LogP contribution >= 0.6 is 0 Å². The summed E-state index contributed by atoms with van der Waals surface area (Å²) in [6.45, 7) is 1.31. The first-order valence-electron chi connectivity index (χ1n) is 18.1. The maximum atomic E-state index is 14.1. The van der Waals surface area contributed by atoms with Crippen LogP contribution in [-0.2, 0) is 38.6 Å². The van der Waals surface area contributed by atoms with Crippen molar-refractivity contribution in [3.63, 3.8) is 0 Å². The molecule has 14 nitrogen and oxygen atoms in total. The molecule has 3 heterocycles. The smallest absolute Gasteiger partial charge is 0.255 e. The maximum absolute atomic E-state index is 14.1. The molecule has 14 heteroatoms. The van der Waals surface area contributed by atoms with Crippen molar-refractivity contribution in [1.82, 2.24) is 41.1 Å². The number of carbonyl (C=O) groups excluding carboxylic acids is 5. The van der Waals surface area contributed by atoms with Gasteiger partial charge >= 0.3 is 0 Å². The van der Waals surface area contributed by atoms with Gasteiger partial charge in [0.05, 0.1) is 24.9 Å². The zero-order chi connectivity index (χ0) is 37.7. The molecular weight excluding hydrogens is 688 g/mol. The number of fused-ring (bicyclic) bond motifs is 2. The molecule has 0 aliphatic carbocycles. The first kappa shape index (κ1) is 37.3. The summed E-state index contributed by atoms with van der Waals surface area (Å²) in [5.74, 6) is -2.50. The number of H-pyrrole nitrogens is 1. The van der Waals surface area contributed by atoms with Crippen molar-refractivity contribution in [2.24, 2.45) is 0 Å². The highest BCUT2D eigenvalue weighted by Gasteiger charge is 2.31. The van der Waals surface area contributed by atoms with Crippen molar-refractivity contribution in [3.05, 3.63) is 120 Å². The molecule has 3 atom stereocenters. The van der Waals surface area contributed by atoms with Gasteiger partial charge in [-0.1, -0.05) is 60.7 Å². The largest absolute Gasteiger partial charge is 0.493 e. The maximum Gasteiger partial charge on any atom is 0.255 e. The second-order valence-electron chi connectivity index (χ2n) is 13.1.